The zero-order chi connectivity index (χ0) is 13.2. The van der Waals surface area contributed by atoms with E-state index in [1.807, 2.05) is 12.1 Å². The van der Waals surface area contributed by atoms with Gasteiger partial charge in [0.25, 0.3) is 0 Å². The predicted molar refractivity (Wildman–Crippen MR) is 75.0 cm³/mol. The highest BCUT2D eigenvalue weighted by atomic mass is 35.5. The molecule has 0 saturated carbocycles. The van der Waals surface area contributed by atoms with Gasteiger partial charge in [-0.3, -0.25) is 4.98 Å². The fourth-order valence-electron chi connectivity index (χ4n) is 2.49. The highest BCUT2D eigenvalue weighted by Gasteiger charge is 2.28. The van der Waals surface area contributed by atoms with Gasteiger partial charge in [0, 0.05) is 18.9 Å². The molecule has 0 aromatic carbocycles. The van der Waals surface area contributed by atoms with Gasteiger partial charge in [-0.1, -0.05) is 11.6 Å². The van der Waals surface area contributed by atoms with Gasteiger partial charge in [0.05, 0.1) is 22.4 Å². The van der Waals surface area contributed by atoms with E-state index in [4.69, 9.17) is 17.3 Å². The zero-order valence-corrected chi connectivity index (χ0v) is 11.1. The molecule has 19 heavy (non-hydrogen) atoms. The lowest BCUT2D eigenvalue weighted by Crippen LogP contribution is -2.24. The molecule has 0 aliphatic carbocycles. The Balaban J connectivity index is 1.94. The number of rotatable bonds is 2. The topological polar surface area (TPSA) is 67.9 Å². The first kappa shape index (κ1) is 12.2. The van der Waals surface area contributed by atoms with Gasteiger partial charge in [0.1, 0.15) is 5.82 Å². The minimum Gasteiger partial charge on any atom is -0.382 e. The highest BCUT2D eigenvalue weighted by Crippen LogP contribution is 2.37. The van der Waals surface area contributed by atoms with Crippen LogP contribution >= 0.6 is 11.6 Å². The summed E-state index contributed by atoms with van der Waals surface area (Å²) < 4.78 is 0. The van der Waals surface area contributed by atoms with Crippen LogP contribution in [0.4, 0.5) is 11.5 Å². The van der Waals surface area contributed by atoms with Crippen molar-refractivity contribution in [3.63, 3.8) is 0 Å². The molecule has 2 aromatic heterocycles. The minimum atomic E-state index is 0.202. The first-order chi connectivity index (χ1) is 9.25. The number of halogens is 1. The fourth-order valence-corrected chi connectivity index (χ4v) is 2.72. The molecule has 1 atom stereocenters. The number of nitrogen functional groups attached to an aromatic ring is 1. The minimum absolute atomic E-state index is 0.202. The third kappa shape index (κ3) is 2.33. The lowest BCUT2D eigenvalue weighted by molar-refractivity contribution is 0.679. The summed E-state index contributed by atoms with van der Waals surface area (Å²) in [6, 6.07) is 5.85. The molecule has 3 heterocycles. The Bertz CT molecular complexity index is 572. The van der Waals surface area contributed by atoms with Crippen LogP contribution < -0.4 is 10.6 Å². The first-order valence-electron chi connectivity index (χ1n) is 6.21. The van der Waals surface area contributed by atoms with Crippen LogP contribution in [0.25, 0.3) is 0 Å². The number of hydrogen-bond donors (Lipinski definition) is 1. The van der Waals surface area contributed by atoms with Crippen LogP contribution in [0.5, 0.6) is 0 Å². The second-order valence-corrected chi connectivity index (χ2v) is 4.97. The number of pyridine rings is 1. The number of nitrogens with zero attached hydrogens (tertiary/aromatic N) is 4. The molecule has 98 valence electrons. The summed E-state index contributed by atoms with van der Waals surface area (Å²) in [6.07, 6.45) is 5.57. The molecular formula is C13H14ClN5. The average molecular weight is 276 g/mol. The molecular weight excluding hydrogens is 262 g/mol. The predicted octanol–water partition coefficient (Wildman–Crippen LogP) is 2.45. The van der Waals surface area contributed by atoms with E-state index in [9.17, 15) is 0 Å². The lowest BCUT2D eigenvalue weighted by Gasteiger charge is -2.26. The fraction of sp³-hybridized carbons (Fsp3) is 0.308. The molecule has 1 saturated heterocycles. The van der Waals surface area contributed by atoms with Gasteiger partial charge in [-0.15, -0.1) is 5.10 Å². The first-order valence-corrected chi connectivity index (χ1v) is 6.59. The highest BCUT2D eigenvalue weighted by molar-refractivity contribution is 6.33. The zero-order valence-electron chi connectivity index (χ0n) is 10.3. The number of nitrogens with two attached hydrogens (primary N) is 1. The SMILES string of the molecule is Nc1ccc(C2CCCN2c2ccncc2Cl)nn1. The summed E-state index contributed by atoms with van der Waals surface area (Å²) in [5.41, 5.74) is 7.51. The van der Waals surface area contributed by atoms with E-state index in [1.54, 1.807) is 18.5 Å². The number of aromatic nitrogens is 3. The molecule has 1 unspecified atom stereocenters. The molecule has 2 aromatic rings. The average Bonchev–Trinajstić information content (AvgIpc) is 2.89. The van der Waals surface area contributed by atoms with Crippen LogP contribution in [0.15, 0.2) is 30.6 Å². The number of hydrogen-bond acceptors (Lipinski definition) is 5. The second-order valence-electron chi connectivity index (χ2n) is 4.56. The molecule has 1 fully saturated rings. The van der Waals surface area contributed by atoms with E-state index in [0.29, 0.717) is 10.8 Å². The van der Waals surface area contributed by atoms with Crippen LogP contribution in [0.3, 0.4) is 0 Å². The molecule has 5 nitrogen and oxygen atoms in total. The number of anilines is 2. The van der Waals surface area contributed by atoms with Crippen molar-refractivity contribution in [3.05, 3.63) is 41.3 Å². The van der Waals surface area contributed by atoms with Crippen molar-refractivity contribution in [1.82, 2.24) is 15.2 Å². The Hall–Kier alpha value is -1.88. The van der Waals surface area contributed by atoms with Crippen LogP contribution in [0, 0.1) is 0 Å². The molecule has 1 aliphatic rings. The maximum atomic E-state index is 6.22. The Morgan fingerprint density at radius 1 is 1.26 bits per heavy atom. The van der Waals surface area contributed by atoms with Crippen molar-refractivity contribution in [2.45, 2.75) is 18.9 Å². The van der Waals surface area contributed by atoms with Crippen molar-refractivity contribution in [3.8, 4) is 0 Å². The molecule has 1 aliphatic heterocycles. The van der Waals surface area contributed by atoms with E-state index in [0.717, 1.165) is 30.8 Å². The molecule has 2 N–H and O–H groups in total. The van der Waals surface area contributed by atoms with Crippen LogP contribution in [-0.4, -0.2) is 21.7 Å². The normalized spacial score (nSPS) is 18.8. The Kier molecular flexibility index (Phi) is 3.21. The van der Waals surface area contributed by atoms with Gasteiger partial charge in [-0.05, 0) is 31.0 Å². The monoisotopic (exact) mass is 275 g/mol. The maximum Gasteiger partial charge on any atom is 0.146 e. The summed E-state index contributed by atoms with van der Waals surface area (Å²) in [7, 11) is 0. The molecule has 0 spiro atoms. The van der Waals surface area contributed by atoms with Crippen molar-refractivity contribution in [1.29, 1.82) is 0 Å². The Morgan fingerprint density at radius 3 is 2.89 bits per heavy atom. The van der Waals surface area contributed by atoms with Gasteiger partial charge in [-0.25, -0.2) is 0 Å². The molecule has 0 radical (unpaired) electrons. The van der Waals surface area contributed by atoms with Crippen molar-refractivity contribution < 1.29 is 0 Å². The Labute approximate surface area is 116 Å². The standard InChI is InChI=1S/C13H14ClN5/c14-9-8-16-6-5-11(9)19-7-1-2-12(19)10-3-4-13(15)18-17-10/h3-6,8,12H,1-2,7H2,(H2,15,18). The summed E-state index contributed by atoms with van der Waals surface area (Å²) >= 11 is 6.22. The van der Waals surface area contributed by atoms with Crippen molar-refractivity contribution >= 4 is 23.1 Å². The van der Waals surface area contributed by atoms with E-state index in [1.165, 1.54) is 0 Å². The van der Waals surface area contributed by atoms with Crippen molar-refractivity contribution in [2.75, 3.05) is 17.2 Å². The van der Waals surface area contributed by atoms with Gasteiger partial charge >= 0.3 is 0 Å². The molecule has 6 heteroatoms. The Morgan fingerprint density at radius 2 is 2.16 bits per heavy atom. The van der Waals surface area contributed by atoms with Crippen LogP contribution in [0.1, 0.15) is 24.6 Å². The quantitative estimate of drug-likeness (QED) is 0.912. The van der Waals surface area contributed by atoms with Crippen LogP contribution in [-0.2, 0) is 0 Å². The molecule has 0 amide bonds. The summed E-state index contributed by atoms with van der Waals surface area (Å²) in [4.78, 5) is 6.28. The third-order valence-corrected chi connectivity index (χ3v) is 3.65. The largest absolute Gasteiger partial charge is 0.382 e. The lowest BCUT2D eigenvalue weighted by atomic mass is 10.1. The van der Waals surface area contributed by atoms with Crippen molar-refractivity contribution in [2.24, 2.45) is 0 Å². The van der Waals surface area contributed by atoms with Gasteiger partial charge < -0.3 is 10.6 Å². The van der Waals surface area contributed by atoms with E-state index >= 15 is 0 Å². The van der Waals surface area contributed by atoms with Crippen LogP contribution in [0.2, 0.25) is 5.02 Å². The molecule has 0 bridgehead atoms. The summed E-state index contributed by atoms with van der Waals surface area (Å²) in [5.74, 6) is 0.440. The summed E-state index contributed by atoms with van der Waals surface area (Å²) in [6.45, 7) is 0.959. The van der Waals surface area contributed by atoms with Gasteiger partial charge in [0.2, 0.25) is 0 Å². The van der Waals surface area contributed by atoms with Gasteiger partial charge in [0.15, 0.2) is 0 Å². The van der Waals surface area contributed by atoms with E-state index in [-0.39, 0.29) is 6.04 Å². The molecule has 3 rings (SSSR count). The maximum absolute atomic E-state index is 6.22. The smallest absolute Gasteiger partial charge is 0.146 e. The van der Waals surface area contributed by atoms with Gasteiger partial charge in [-0.2, -0.15) is 5.10 Å². The summed E-state index contributed by atoms with van der Waals surface area (Å²) in [5, 5.41) is 8.78. The second kappa shape index (κ2) is 5.01. The van der Waals surface area contributed by atoms with E-state index in [2.05, 4.69) is 20.1 Å². The third-order valence-electron chi connectivity index (χ3n) is 3.36. The van der Waals surface area contributed by atoms with E-state index < -0.39 is 0 Å².